The number of rotatable bonds is 3. The molecule has 0 bridgehead atoms. The van der Waals surface area contributed by atoms with Gasteiger partial charge in [0.1, 0.15) is 0 Å². The lowest BCUT2D eigenvalue weighted by atomic mass is 9.97. The first-order valence-corrected chi connectivity index (χ1v) is 9.04. The molecule has 0 radical (unpaired) electrons. The molecule has 2 rings (SSSR count). The van der Waals surface area contributed by atoms with E-state index in [1.165, 1.54) is 0 Å². The van der Waals surface area contributed by atoms with Crippen LogP contribution in [0.1, 0.15) is 11.5 Å². The van der Waals surface area contributed by atoms with Gasteiger partial charge in [-0.1, -0.05) is 30.3 Å². The Bertz CT molecular complexity index is 619. The summed E-state index contributed by atoms with van der Waals surface area (Å²) in [6.07, 6.45) is 0.104. The van der Waals surface area contributed by atoms with Crippen LogP contribution in [0.4, 0.5) is 0 Å². The molecule has 1 aliphatic heterocycles. The van der Waals surface area contributed by atoms with Crippen LogP contribution >= 0.6 is 0 Å². The summed E-state index contributed by atoms with van der Waals surface area (Å²) in [5.41, 5.74) is 0.784. The van der Waals surface area contributed by atoms with Crippen LogP contribution in [0.5, 0.6) is 0 Å². The summed E-state index contributed by atoms with van der Waals surface area (Å²) in [5.74, 6) is -0.748. The third-order valence-electron chi connectivity index (χ3n) is 2.83. The van der Waals surface area contributed by atoms with Crippen LogP contribution in [-0.2, 0) is 24.1 Å². The first-order valence-electron chi connectivity index (χ1n) is 5.40. The van der Waals surface area contributed by atoms with Crippen molar-refractivity contribution in [1.82, 2.24) is 0 Å². The average Bonchev–Trinajstić information content (AvgIpc) is 2.52. The summed E-state index contributed by atoms with van der Waals surface area (Å²) in [4.78, 5) is 0. The zero-order valence-electron chi connectivity index (χ0n) is 9.81. The lowest BCUT2D eigenvalue weighted by molar-refractivity contribution is 0.218. The van der Waals surface area contributed by atoms with Gasteiger partial charge in [-0.15, -0.1) is 0 Å². The fourth-order valence-electron chi connectivity index (χ4n) is 2.15. The van der Waals surface area contributed by atoms with Crippen molar-refractivity contribution in [2.24, 2.45) is 0 Å². The third-order valence-corrected chi connectivity index (χ3v) is 5.13. The van der Waals surface area contributed by atoms with Crippen LogP contribution < -0.4 is 0 Å². The van der Waals surface area contributed by atoms with Gasteiger partial charge in [-0.25, -0.2) is 8.42 Å². The van der Waals surface area contributed by atoms with Crippen LogP contribution in [0, 0.1) is 0 Å². The molecule has 1 heterocycles. The smallest absolute Gasteiger partial charge is 0.264 e. The van der Waals surface area contributed by atoms with E-state index in [4.69, 9.17) is 4.18 Å². The normalized spacial score (nSPS) is 27.2. The maximum absolute atomic E-state index is 11.6. The molecule has 18 heavy (non-hydrogen) atoms. The van der Waals surface area contributed by atoms with Gasteiger partial charge in [0.05, 0.1) is 23.9 Å². The Hall–Kier alpha value is -0.920. The second-order valence-corrected chi connectivity index (χ2v) is 8.19. The first kappa shape index (κ1) is 13.5. The van der Waals surface area contributed by atoms with E-state index in [0.29, 0.717) is 0 Å². The Morgan fingerprint density at radius 1 is 1.17 bits per heavy atom. The maximum Gasteiger partial charge on any atom is 0.264 e. The fourth-order valence-corrected chi connectivity index (χ4v) is 4.77. The van der Waals surface area contributed by atoms with E-state index in [-0.39, 0.29) is 11.5 Å². The molecule has 1 aromatic rings. The Labute approximate surface area is 107 Å². The monoisotopic (exact) mass is 290 g/mol. The summed E-state index contributed by atoms with van der Waals surface area (Å²) >= 11 is 0. The average molecular weight is 290 g/mol. The van der Waals surface area contributed by atoms with Crippen molar-refractivity contribution < 1.29 is 21.0 Å². The van der Waals surface area contributed by atoms with Crippen molar-refractivity contribution in [2.45, 2.75) is 12.0 Å². The first-order chi connectivity index (χ1) is 8.27. The second-order valence-electron chi connectivity index (χ2n) is 4.43. The molecule has 0 aliphatic carbocycles. The van der Waals surface area contributed by atoms with Crippen LogP contribution in [-0.4, -0.2) is 40.7 Å². The van der Waals surface area contributed by atoms with Crippen molar-refractivity contribution >= 4 is 20.0 Å². The lowest BCUT2D eigenvalue weighted by Crippen LogP contribution is -2.24. The van der Waals surface area contributed by atoms with Gasteiger partial charge in [-0.2, -0.15) is 8.42 Å². The minimum atomic E-state index is -3.66. The van der Waals surface area contributed by atoms with Crippen LogP contribution in [0.15, 0.2) is 30.3 Å². The van der Waals surface area contributed by atoms with Crippen LogP contribution in [0.25, 0.3) is 0 Å². The molecule has 100 valence electrons. The summed E-state index contributed by atoms with van der Waals surface area (Å²) in [6.45, 7) is 0. The van der Waals surface area contributed by atoms with Crippen LogP contribution in [0.2, 0.25) is 0 Å². The highest BCUT2D eigenvalue weighted by Crippen LogP contribution is 2.32. The molecule has 0 saturated carbocycles. The Morgan fingerprint density at radius 2 is 1.78 bits per heavy atom. The topological polar surface area (TPSA) is 77.5 Å². The molecular weight excluding hydrogens is 276 g/mol. The third kappa shape index (κ3) is 3.30. The molecular formula is C11H14O5S2. The van der Waals surface area contributed by atoms with E-state index < -0.39 is 32.0 Å². The van der Waals surface area contributed by atoms with E-state index in [2.05, 4.69) is 0 Å². The van der Waals surface area contributed by atoms with E-state index in [1.54, 1.807) is 24.3 Å². The van der Waals surface area contributed by atoms with Gasteiger partial charge in [0.15, 0.2) is 9.84 Å². The summed E-state index contributed by atoms with van der Waals surface area (Å²) in [6, 6.07) is 8.96. The van der Waals surface area contributed by atoms with Gasteiger partial charge in [0.2, 0.25) is 0 Å². The number of hydrogen-bond donors (Lipinski definition) is 0. The van der Waals surface area contributed by atoms with Gasteiger partial charge in [-0.3, -0.25) is 4.18 Å². The summed E-state index contributed by atoms with van der Waals surface area (Å²) in [5, 5.41) is 0. The fraction of sp³-hybridized carbons (Fsp3) is 0.455. The van der Waals surface area contributed by atoms with E-state index >= 15 is 0 Å². The second kappa shape index (κ2) is 4.64. The lowest BCUT2D eigenvalue weighted by Gasteiger charge is -2.17. The molecule has 7 heteroatoms. The van der Waals surface area contributed by atoms with E-state index in [0.717, 1.165) is 11.8 Å². The van der Waals surface area contributed by atoms with Crippen molar-refractivity contribution in [1.29, 1.82) is 0 Å². The molecule has 0 spiro atoms. The molecule has 1 saturated heterocycles. The van der Waals surface area contributed by atoms with Gasteiger partial charge in [-0.05, 0) is 5.56 Å². The molecule has 1 fully saturated rings. The van der Waals surface area contributed by atoms with E-state index in [9.17, 15) is 16.8 Å². The van der Waals surface area contributed by atoms with Gasteiger partial charge in [0.25, 0.3) is 10.1 Å². The maximum atomic E-state index is 11.6. The molecule has 0 aromatic heterocycles. The Kier molecular flexibility index (Phi) is 3.48. The molecule has 5 nitrogen and oxygen atoms in total. The SMILES string of the molecule is CS(=O)(=O)OC1CS(=O)(=O)CC1c1ccccc1. The minimum Gasteiger partial charge on any atom is -0.265 e. The van der Waals surface area contributed by atoms with Crippen molar-refractivity contribution in [3.8, 4) is 0 Å². The van der Waals surface area contributed by atoms with Crippen molar-refractivity contribution in [3.05, 3.63) is 35.9 Å². The highest BCUT2D eigenvalue weighted by molar-refractivity contribution is 7.91. The zero-order valence-corrected chi connectivity index (χ0v) is 11.4. The quantitative estimate of drug-likeness (QED) is 0.759. The van der Waals surface area contributed by atoms with Gasteiger partial charge < -0.3 is 0 Å². The van der Waals surface area contributed by atoms with Gasteiger partial charge >= 0.3 is 0 Å². The van der Waals surface area contributed by atoms with Crippen LogP contribution in [0.3, 0.4) is 0 Å². The molecule has 0 N–H and O–H groups in total. The van der Waals surface area contributed by atoms with Crippen molar-refractivity contribution in [3.63, 3.8) is 0 Å². The summed E-state index contributed by atoms with van der Waals surface area (Å²) < 4.78 is 50.5. The Morgan fingerprint density at radius 3 is 2.33 bits per heavy atom. The predicted octanol–water partition coefficient (Wildman–Crippen LogP) is 0.543. The largest absolute Gasteiger partial charge is 0.265 e. The standard InChI is InChI=1S/C11H14O5S2/c1-17(12,13)16-11-8-18(14,15)7-10(11)9-5-3-2-4-6-9/h2-6,10-11H,7-8H2,1H3. The number of hydrogen-bond acceptors (Lipinski definition) is 5. The highest BCUT2D eigenvalue weighted by Gasteiger charge is 2.41. The molecule has 1 aliphatic rings. The molecule has 2 atom stereocenters. The predicted molar refractivity (Wildman–Crippen MR) is 67.6 cm³/mol. The molecule has 1 aromatic carbocycles. The number of sulfone groups is 1. The number of benzene rings is 1. The highest BCUT2D eigenvalue weighted by atomic mass is 32.2. The zero-order chi connectivity index (χ0) is 13.4. The molecule has 0 amide bonds. The molecule has 2 unspecified atom stereocenters. The van der Waals surface area contributed by atoms with Gasteiger partial charge in [0, 0.05) is 5.92 Å². The summed E-state index contributed by atoms with van der Waals surface area (Å²) in [7, 11) is -6.92. The minimum absolute atomic E-state index is 0.0722. The van der Waals surface area contributed by atoms with Crippen molar-refractivity contribution in [2.75, 3.05) is 17.8 Å². The Balaban J connectivity index is 2.32. The van der Waals surface area contributed by atoms with E-state index in [1.807, 2.05) is 6.07 Å².